The zero-order valence-electron chi connectivity index (χ0n) is 11.7. The number of benzene rings is 2. The van der Waals surface area contributed by atoms with Gasteiger partial charge in [0, 0.05) is 21.7 Å². The first-order valence-corrected chi connectivity index (χ1v) is 7.89. The van der Waals surface area contributed by atoms with Gasteiger partial charge in [0.15, 0.2) is 5.13 Å². The minimum Gasteiger partial charge on any atom is -0.435 e. The van der Waals surface area contributed by atoms with Gasteiger partial charge in [-0.1, -0.05) is 11.6 Å². The third-order valence-electron chi connectivity index (χ3n) is 2.97. The second-order valence-corrected chi connectivity index (χ2v) is 5.87. The Hall–Kier alpha value is -2.18. The van der Waals surface area contributed by atoms with Crippen molar-refractivity contribution in [3.8, 4) is 17.0 Å². The van der Waals surface area contributed by atoms with E-state index in [1.165, 1.54) is 23.5 Å². The molecule has 3 nitrogen and oxygen atoms in total. The van der Waals surface area contributed by atoms with Crippen molar-refractivity contribution in [2.45, 2.75) is 6.61 Å². The van der Waals surface area contributed by atoms with Crippen molar-refractivity contribution in [1.82, 2.24) is 4.98 Å². The molecule has 1 heterocycles. The van der Waals surface area contributed by atoms with Crippen LogP contribution in [0.4, 0.5) is 19.6 Å². The highest BCUT2D eigenvalue weighted by Crippen LogP contribution is 2.28. The van der Waals surface area contributed by atoms with Gasteiger partial charge >= 0.3 is 6.61 Å². The molecule has 0 aliphatic heterocycles. The fraction of sp³-hybridized carbons (Fsp3) is 0.0625. The van der Waals surface area contributed by atoms with Gasteiger partial charge in [0.05, 0.1) is 5.69 Å². The highest BCUT2D eigenvalue weighted by Gasteiger charge is 2.07. The van der Waals surface area contributed by atoms with Crippen LogP contribution in [0.3, 0.4) is 0 Å². The van der Waals surface area contributed by atoms with Crippen LogP contribution in [0.5, 0.6) is 5.75 Å². The van der Waals surface area contributed by atoms with Crippen molar-refractivity contribution < 1.29 is 13.5 Å². The van der Waals surface area contributed by atoms with E-state index in [-0.39, 0.29) is 5.75 Å². The molecule has 0 radical (unpaired) electrons. The van der Waals surface area contributed by atoms with E-state index in [9.17, 15) is 8.78 Å². The van der Waals surface area contributed by atoms with Crippen molar-refractivity contribution in [1.29, 1.82) is 0 Å². The lowest BCUT2D eigenvalue weighted by Crippen LogP contribution is -2.01. The van der Waals surface area contributed by atoms with Crippen LogP contribution in [0.25, 0.3) is 11.3 Å². The first kappa shape index (κ1) is 15.7. The molecule has 0 unspecified atom stereocenters. The third-order valence-corrected chi connectivity index (χ3v) is 3.98. The second-order valence-electron chi connectivity index (χ2n) is 4.57. The molecule has 0 atom stereocenters. The van der Waals surface area contributed by atoms with Gasteiger partial charge in [-0.15, -0.1) is 11.3 Å². The predicted octanol–water partition coefficient (Wildman–Crippen LogP) is 5.81. The van der Waals surface area contributed by atoms with E-state index in [1.54, 1.807) is 24.3 Å². The Balaban J connectivity index is 1.72. The Labute approximate surface area is 140 Å². The summed E-state index contributed by atoms with van der Waals surface area (Å²) in [6, 6.07) is 13.7. The molecular weight excluding hydrogens is 342 g/mol. The maximum absolute atomic E-state index is 12.1. The number of nitrogens with zero attached hydrogens (tertiary/aromatic N) is 1. The summed E-state index contributed by atoms with van der Waals surface area (Å²) in [5.41, 5.74) is 2.47. The van der Waals surface area contributed by atoms with Crippen LogP contribution in [0.15, 0.2) is 53.9 Å². The minimum absolute atomic E-state index is 0.124. The molecule has 0 fully saturated rings. The lowest BCUT2D eigenvalue weighted by atomic mass is 10.2. The van der Waals surface area contributed by atoms with Crippen LogP contribution in [0.1, 0.15) is 0 Å². The number of nitrogens with one attached hydrogen (secondary N) is 1. The second kappa shape index (κ2) is 6.93. The average Bonchev–Trinajstić information content (AvgIpc) is 2.98. The van der Waals surface area contributed by atoms with E-state index in [2.05, 4.69) is 15.0 Å². The Morgan fingerprint density at radius 1 is 1.04 bits per heavy atom. The van der Waals surface area contributed by atoms with Gasteiger partial charge in [-0.3, -0.25) is 0 Å². The molecule has 23 heavy (non-hydrogen) atoms. The standard InChI is InChI=1S/C16H11ClF2N2OS/c17-11-3-5-12(6-4-11)20-16-21-14(9-23-16)10-1-7-13(8-2-10)22-15(18)19/h1-9,15H,(H,20,21). The van der Waals surface area contributed by atoms with Crippen LogP contribution < -0.4 is 10.1 Å². The Morgan fingerprint density at radius 3 is 2.39 bits per heavy atom. The molecule has 1 N–H and O–H groups in total. The van der Waals surface area contributed by atoms with Gasteiger partial charge in [-0.25, -0.2) is 4.98 Å². The van der Waals surface area contributed by atoms with Gasteiger partial charge < -0.3 is 10.1 Å². The summed E-state index contributed by atoms with van der Waals surface area (Å²) in [4.78, 5) is 4.47. The summed E-state index contributed by atoms with van der Waals surface area (Å²) < 4.78 is 28.6. The van der Waals surface area contributed by atoms with Crippen LogP contribution in [-0.2, 0) is 0 Å². The Kier molecular flexibility index (Phi) is 4.73. The van der Waals surface area contributed by atoms with Crippen LogP contribution >= 0.6 is 22.9 Å². The maximum Gasteiger partial charge on any atom is 0.387 e. The largest absolute Gasteiger partial charge is 0.435 e. The highest BCUT2D eigenvalue weighted by molar-refractivity contribution is 7.14. The molecule has 0 saturated heterocycles. The molecule has 0 bridgehead atoms. The average molecular weight is 353 g/mol. The first-order chi connectivity index (χ1) is 11.1. The fourth-order valence-electron chi connectivity index (χ4n) is 1.93. The number of aromatic nitrogens is 1. The summed E-state index contributed by atoms with van der Waals surface area (Å²) in [6.45, 7) is -2.82. The monoisotopic (exact) mass is 352 g/mol. The summed E-state index contributed by atoms with van der Waals surface area (Å²) in [5.74, 6) is 0.124. The van der Waals surface area contributed by atoms with Crippen molar-refractivity contribution in [2.24, 2.45) is 0 Å². The smallest absolute Gasteiger partial charge is 0.387 e. The number of thiazole rings is 1. The number of ether oxygens (including phenoxy) is 1. The van der Waals surface area contributed by atoms with Crippen molar-refractivity contribution in [2.75, 3.05) is 5.32 Å². The fourth-order valence-corrected chi connectivity index (χ4v) is 2.79. The van der Waals surface area contributed by atoms with E-state index in [0.29, 0.717) is 5.02 Å². The molecule has 7 heteroatoms. The molecular formula is C16H11ClF2N2OS. The third kappa shape index (κ3) is 4.18. The number of anilines is 2. The zero-order valence-corrected chi connectivity index (χ0v) is 13.2. The van der Waals surface area contributed by atoms with E-state index >= 15 is 0 Å². The SMILES string of the molecule is FC(F)Oc1ccc(-c2csc(Nc3ccc(Cl)cc3)n2)cc1. The summed E-state index contributed by atoms with van der Waals surface area (Å²) in [5, 5.41) is 6.47. The van der Waals surface area contributed by atoms with Crippen molar-refractivity contribution in [3.05, 3.63) is 58.9 Å². The lowest BCUT2D eigenvalue weighted by molar-refractivity contribution is -0.0498. The topological polar surface area (TPSA) is 34.1 Å². The molecule has 118 valence electrons. The first-order valence-electron chi connectivity index (χ1n) is 6.63. The quantitative estimate of drug-likeness (QED) is 0.629. The van der Waals surface area contributed by atoms with Gasteiger partial charge in [0.25, 0.3) is 0 Å². The van der Waals surface area contributed by atoms with Crippen LogP contribution in [0, 0.1) is 0 Å². The van der Waals surface area contributed by atoms with Gasteiger partial charge in [0.2, 0.25) is 0 Å². The molecule has 1 aromatic heterocycles. The van der Waals surface area contributed by atoms with Crippen molar-refractivity contribution >= 4 is 33.8 Å². The normalized spacial score (nSPS) is 10.8. The van der Waals surface area contributed by atoms with Gasteiger partial charge in [0.1, 0.15) is 5.75 Å². The Bertz CT molecular complexity index is 776. The number of hydrogen-bond donors (Lipinski definition) is 1. The van der Waals surface area contributed by atoms with E-state index in [0.717, 1.165) is 22.1 Å². The van der Waals surface area contributed by atoms with E-state index in [1.807, 2.05) is 17.5 Å². The number of rotatable bonds is 5. The number of hydrogen-bond acceptors (Lipinski definition) is 4. The molecule has 0 spiro atoms. The molecule has 3 aromatic rings. The summed E-state index contributed by atoms with van der Waals surface area (Å²) in [6.07, 6.45) is 0. The number of alkyl halides is 2. The van der Waals surface area contributed by atoms with Crippen LogP contribution in [0.2, 0.25) is 5.02 Å². The van der Waals surface area contributed by atoms with Gasteiger partial charge in [-0.2, -0.15) is 8.78 Å². The maximum atomic E-state index is 12.1. The molecule has 2 aromatic carbocycles. The minimum atomic E-state index is -2.82. The molecule has 0 aliphatic carbocycles. The molecule has 3 rings (SSSR count). The summed E-state index contributed by atoms with van der Waals surface area (Å²) >= 11 is 7.30. The van der Waals surface area contributed by atoms with Crippen LogP contribution in [-0.4, -0.2) is 11.6 Å². The zero-order chi connectivity index (χ0) is 16.2. The summed E-state index contributed by atoms with van der Waals surface area (Å²) in [7, 11) is 0. The number of halogens is 3. The molecule has 0 aliphatic rings. The van der Waals surface area contributed by atoms with Gasteiger partial charge in [-0.05, 0) is 48.5 Å². The molecule has 0 amide bonds. The lowest BCUT2D eigenvalue weighted by Gasteiger charge is -2.04. The Morgan fingerprint density at radius 2 is 1.74 bits per heavy atom. The molecule has 0 saturated carbocycles. The van der Waals surface area contributed by atoms with E-state index in [4.69, 9.17) is 11.6 Å². The van der Waals surface area contributed by atoms with E-state index < -0.39 is 6.61 Å². The van der Waals surface area contributed by atoms with Crippen molar-refractivity contribution in [3.63, 3.8) is 0 Å². The highest BCUT2D eigenvalue weighted by atomic mass is 35.5. The predicted molar refractivity (Wildman–Crippen MR) is 88.9 cm³/mol.